The third kappa shape index (κ3) is 6.17. The van der Waals surface area contributed by atoms with Crippen LogP contribution < -0.4 is 10.9 Å². The van der Waals surface area contributed by atoms with Crippen molar-refractivity contribution in [1.29, 1.82) is 0 Å². The Balaban J connectivity index is 1.50. The lowest BCUT2D eigenvalue weighted by Crippen LogP contribution is -2.35. The maximum atomic E-state index is 12.2. The lowest BCUT2D eigenvalue weighted by atomic mass is 10.1. The molecule has 3 rings (SSSR count). The van der Waals surface area contributed by atoms with Gasteiger partial charge in [0.1, 0.15) is 6.54 Å². The fourth-order valence-electron chi connectivity index (χ4n) is 3.42. The van der Waals surface area contributed by atoms with Crippen LogP contribution in [0.2, 0.25) is 5.02 Å². The van der Waals surface area contributed by atoms with Gasteiger partial charge in [-0.3, -0.25) is 9.59 Å². The Hall–Kier alpha value is -2.18. The monoisotopic (exact) mass is 402 g/mol. The molecule has 1 aliphatic heterocycles. The molecule has 0 aliphatic carbocycles. The summed E-state index contributed by atoms with van der Waals surface area (Å²) in [5.41, 5.74) is 1.18. The Morgan fingerprint density at radius 1 is 1.04 bits per heavy atom. The van der Waals surface area contributed by atoms with Crippen LogP contribution in [0.15, 0.2) is 41.2 Å². The number of nitrogens with zero attached hydrogens (tertiary/aromatic N) is 3. The van der Waals surface area contributed by atoms with Gasteiger partial charge in [-0.1, -0.05) is 36.6 Å². The number of hydrogen-bond donors (Lipinski definition) is 1. The minimum Gasteiger partial charge on any atom is -0.354 e. The molecular weight excluding hydrogens is 376 g/mol. The first-order valence-electron chi connectivity index (χ1n) is 9.95. The molecule has 1 N–H and O–H groups in total. The molecule has 1 aromatic heterocycles. The summed E-state index contributed by atoms with van der Waals surface area (Å²) in [6, 6.07) is 10.3. The van der Waals surface area contributed by atoms with E-state index in [2.05, 4.69) is 15.3 Å². The van der Waals surface area contributed by atoms with E-state index in [1.54, 1.807) is 18.2 Å². The standard InChI is InChI=1S/C21H27ClN4O2/c22-18-8-6-17(7-9-18)19-10-11-21(28)26(24-19)16-20(27)23-12-5-15-25-13-3-1-2-4-14-25/h6-11H,1-5,12-16H2,(H,23,27). The summed E-state index contributed by atoms with van der Waals surface area (Å²) < 4.78 is 1.20. The Labute approximate surface area is 170 Å². The van der Waals surface area contributed by atoms with Gasteiger partial charge in [0.05, 0.1) is 5.69 Å². The number of carbonyl (C=O) groups excluding carboxylic acids is 1. The van der Waals surface area contributed by atoms with Gasteiger partial charge in [0.15, 0.2) is 0 Å². The molecule has 0 saturated carbocycles. The molecule has 0 bridgehead atoms. The molecule has 1 fully saturated rings. The SMILES string of the molecule is O=C(Cn1nc(-c2ccc(Cl)cc2)ccc1=O)NCCCN1CCCCCC1. The number of halogens is 1. The summed E-state index contributed by atoms with van der Waals surface area (Å²) in [6.07, 6.45) is 6.10. The Morgan fingerprint density at radius 3 is 2.46 bits per heavy atom. The van der Waals surface area contributed by atoms with Gasteiger partial charge >= 0.3 is 0 Å². The first-order valence-corrected chi connectivity index (χ1v) is 10.3. The van der Waals surface area contributed by atoms with Crippen LogP contribution in [-0.4, -0.2) is 46.8 Å². The van der Waals surface area contributed by atoms with Gasteiger partial charge in [-0.2, -0.15) is 5.10 Å². The van der Waals surface area contributed by atoms with Crippen LogP contribution in [0, 0.1) is 0 Å². The first kappa shape index (κ1) is 20.6. The average Bonchev–Trinajstić information content (AvgIpc) is 2.96. The van der Waals surface area contributed by atoms with Crippen LogP contribution in [0.3, 0.4) is 0 Å². The van der Waals surface area contributed by atoms with Gasteiger partial charge in [0.2, 0.25) is 5.91 Å². The Morgan fingerprint density at radius 2 is 1.75 bits per heavy atom. The fraction of sp³-hybridized carbons (Fsp3) is 0.476. The summed E-state index contributed by atoms with van der Waals surface area (Å²) in [5, 5.41) is 7.85. The van der Waals surface area contributed by atoms with Crippen molar-refractivity contribution in [2.75, 3.05) is 26.2 Å². The van der Waals surface area contributed by atoms with Crippen LogP contribution in [0.25, 0.3) is 11.3 Å². The molecule has 6 nitrogen and oxygen atoms in total. The number of nitrogens with one attached hydrogen (secondary N) is 1. The highest BCUT2D eigenvalue weighted by molar-refractivity contribution is 6.30. The number of rotatable bonds is 7. The third-order valence-electron chi connectivity index (χ3n) is 4.97. The molecule has 0 spiro atoms. The number of likely N-dealkylation sites (tertiary alicyclic amines) is 1. The van der Waals surface area contributed by atoms with E-state index >= 15 is 0 Å². The van der Waals surface area contributed by atoms with Crippen molar-refractivity contribution in [2.45, 2.75) is 38.6 Å². The molecule has 2 aromatic rings. The number of carbonyl (C=O) groups is 1. The zero-order chi connectivity index (χ0) is 19.8. The van der Waals surface area contributed by atoms with Gasteiger partial charge in [0.25, 0.3) is 5.56 Å². The van der Waals surface area contributed by atoms with Gasteiger partial charge in [-0.15, -0.1) is 0 Å². The van der Waals surface area contributed by atoms with Crippen molar-refractivity contribution in [1.82, 2.24) is 20.0 Å². The highest BCUT2D eigenvalue weighted by Gasteiger charge is 2.10. The lowest BCUT2D eigenvalue weighted by molar-refractivity contribution is -0.121. The zero-order valence-electron chi connectivity index (χ0n) is 16.1. The zero-order valence-corrected chi connectivity index (χ0v) is 16.8. The Kier molecular flexibility index (Phi) is 7.62. The van der Waals surface area contributed by atoms with Gasteiger partial charge < -0.3 is 10.2 Å². The van der Waals surface area contributed by atoms with E-state index in [0.29, 0.717) is 17.3 Å². The normalized spacial score (nSPS) is 15.2. The number of benzene rings is 1. The highest BCUT2D eigenvalue weighted by atomic mass is 35.5. The Bertz CT molecular complexity index is 827. The van der Waals surface area contributed by atoms with Crippen molar-refractivity contribution in [3.63, 3.8) is 0 Å². The maximum Gasteiger partial charge on any atom is 0.267 e. The van der Waals surface area contributed by atoms with Crippen molar-refractivity contribution in [3.8, 4) is 11.3 Å². The predicted octanol–water partition coefficient (Wildman–Crippen LogP) is 2.95. The second kappa shape index (κ2) is 10.4. The summed E-state index contributed by atoms with van der Waals surface area (Å²) in [7, 11) is 0. The topological polar surface area (TPSA) is 67.2 Å². The molecule has 1 aromatic carbocycles. The van der Waals surface area contributed by atoms with E-state index in [4.69, 9.17) is 11.6 Å². The van der Waals surface area contributed by atoms with Crippen molar-refractivity contribution in [2.24, 2.45) is 0 Å². The number of amides is 1. The maximum absolute atomic E-state index is 12.2. The molecule has 0 radical (unpaired) electrons. The second-order valence-electron chi connectivity index (χ2n) is 7.18. The number of hydrogen-bond acceptors (Lipinski definition) is 4. The first-order chi connectivity index (χ1) is 13.6. The third-order valence-corrected chi connectivity index (χ3v) is 5.22. The van der Waals surface area contributed by atoms with Crippen molar-refractivity contribution >= 4 is 17.5 Å². The molecule has 28 heavy (non-hydrogen) atoms. The van der Waals surface area contributed by atoms with Crippen molar-refractivity contribution < 1.29 is 4.79 Å². The van der Waals surface area contributed by atoms with Crippen LogP contribution in [0.4, 0.5) is 0 Å². The lowest BCUT2D eigenvalue weighted by Gasteiger charge is -2.19. The van der Waals surface area contributed by atoms with E-state index in [-0.39, 0.29) is 18.0 Å². The predicted molar refractivity (Wildman–Crippen MR) is 111 cm³/mol. The number of aromatic nitrogens is 2. The molecule has 0 unspecified atom stereocenters. The summed E-state index contributed by atoms with van der Waals surface area (Å²) in [4.78, 5) is 26.7. The van der Waals surface area contributed by atoms with E-state index < -0.39 is 0 Å². The van der Waals surface area contributed by atoms with Gasteiger partial charge in [0, 0.05) is 23.2 Å². The van der Waals surface area contributed by atoms with Gasteiger partial charge in [-0.05, 0) is 57.1 Å². The molecule has 2 heterocycles. The van der Waals surface area contributed by atoms with Crippen LogP contribution in [0.1, 0.15) is 32.1 Å². The van der Waals surface area contributed by atoms with Gasteiger partial charge in [-0.25, -0.2) is 4.68 Å². The minimum absolute atomic E-state index is 0.0794. The average molecular weight is 403 g/mol. The molecule has 1 amide bonds. The summed E-state index contributed by atoms with van der Waals surface area (Å²) in [6.45, 7) is 3.85. The van der Waals surface area contributed by atoms with Crippen LogP contribution >= 0.6 is 11.6 Å². The van der Waals surface area contributed by atoms with E-state index in [9.17, 15) is 9.59 Å². The molecule has 150 valence electrons. The quantitative estimate of drug-likeness (QED) is 0.723. The highest BCUT2D eigenvalue weighted by Crippen LogP contribution is 2.18. The van der Waals surface area contributed by atoms with Crippen molar-refractivity contribution in [3.05, 3.63) is 51.8 Å². The van der Waals surface area contributed by atoms with E-state index in [1.807, 2.05) is 12.1 Å². The molecule has 1 saturated heterocycles. The van der Waals surface area contributed by atoms with Crippen LogP contribution in [-0.2, 0) is 11.3 Å². The largest absolute Gasteiger partial charge is 0.354 e. The fourth-order valence-corrected chi connectivity index (χ4v) is 3.54. The minimum atomic E-state index is -0.294. The van der Waals surface area contributed by atoms with E-state index in [1.165, 1.54) is 36.4 Å². The molecule has 0 atom stereocenters. The van der Waals surface area contributed by atoms with E-state index in [0.717, 1.165) is 31.6 Å². The molecule has 7 heteroatoms. The summed E-state index contributed by atoms with van der Waals surface area (Å²) >= 11 is 5.91. The van der Waals surface area contributed by atoms with Crippen LogP contribution in [0.5, 0.6) is 0 Å². The molecular formula is C21H27ClN4O2. The second-order valence-corrected chi connectivity index (χ2v) is 7.62. The smallest absolute Gasteiger partial charge is 0.267 e. The summed E-state index contributed by atoms with van der Waals surface area (Å²) in [5.74, 6) is -0.196. The molecule has 1 aliphatic rings.